The van der Waals surface area contributed by atoms with Crippen LogP contribution in [0.4, 0.5) is 5.69 Å². The topological polar surface area (TPSA) is 70.8 Å². The highest BCUT2D eigenvalue weighted by Crippen LogP contribution is 2.36. The number of hydrogen-bond donors (Lipinski definition) is 1. The van der Waals surface area contributed by atoms with E-state index in [2.05, 4.69) is 6.92 Å². The van der Waals surface area contributed by atoms with E-state index in [1.165, 1.54) is 19.3 Å². The molecule has 1 aliphatic rings. The van der Waals surface area contributed by atoms with Crippen LogP contribution in [0.2, 0.25) is 0 Å². The number of anilines is 1. The number of nitrogens with two attached hydrogens (primary N) is 1. The highest BCUT2D eigenvalue weighted by Gasteiger charge is 2.21. The highest BCUT2D eigenvalue weighted by molar-refractivity contribution is 5.96. The minimum absolute atomic E-state index is 0.112. The van der Waals surface area contributed by atoms with Crippen LogP contribution in [0.1, 0.15) is 56.3 Å². The van der Waals surface area contributed by atoms with Gasteiger partial charge in [0.2, 0.25) is 6.79 Å². The van der Waals surface area contributed by atoms with Crippen molar-refractivity contribution in [3.8, 4) is 11.5 Å². The van der Waals surface area contributed by atoms with Gasteiger partial charge in [-0.15, -0.1) is 0 Å². The molecule has 0 amide bonds. The van der Waals surface area contributed by atoms with Crippen molar-refractivity contribution in [3.05, 3.63) is 17.7 Å². The molecule has 0 radical (unpaired) electrons. The Morgan fingerprint density at radius 3 is 2.71 bits per heavy atom. The average molecular weight is 293 g/mol. The first-order chi connectivity index (χ1) is 10.1. The number of rotatable bonds is 7. The molecule has 1 aliphatic heterocycles. The van der Waals surface area contributed by atoms with E-state index < -0.39 is 5.97 Å². The van der Waals surface area contributed by atoms with Crippen molar-refractivity contribution in [1.29, 1.82) is 0 Å². The molecule has 1 atom stereocenters. The number of fused-ring (bicyclic) bond motifs is 1. The lowest BCUT2D eigenvalue weighted by Gasteiger charge is -2.14. The molecule has 0 spiro atoms. The number of hydrogen-bond acceptors (Lipinski definition) is 5. The summed E-state index contributed by atoms with van der Waals surface area (Å²) in [5.74, 6) is 0.692. The Balaban J connectivity index is 1.91. The Morgan fingerprint density at radius 2 is 2.00 bits per heavy atom. The first-order valence-electron chi connectivity index (χ1n) is 7.52. The maximum absolute atomic E-state index is 12.2. The van der Waals surface area contributed by atoms with Gasteiger partial charge in [0, 0.05) is 12.1 Å². The van der Waals surface area contributed by atoms with E-state index in [0.717, 1.165) is 12.8 Å². The monoisotopic (exact) mass is 293 g/mol. The molecule has 0 saturated carbocycles. The summed E-state index contributed by atoms with van der Waals surface area (Å²) in [5.41, 5.74) is 6.56. The number of carbonyl (C=O) groups is 1. The Hall–Kier alpha value is -1.91. The van der Waals surface area contributed by atoms with Gasteiger partial charge in [0.1, 0.15) is 0 Å². The van der Waals surface area contributed by atoms with Crippen LogP contribution >= 0.6 is 0 Å². The predicted molar refractivity (Wildman–Crippen MR) is 80.6 cm³/mol. The van der Waals surface area contributed by atoms with Crippen LogP contribution in [-0.4, -0.2) is 18.9 Å². The Labute approximate surface area is 125 Å². The van der Waals surface area contributed by atoms with E-state index in [1.807, 2.05) is 6.92 Å². The van der Waals surface area contributed by atoms with Crippen LogP contribution in [0.25, 0.3) is 0 Å². The van der Waals surface area contributed by atoms with Gasteiger partial charge in [-0.3, -0.25) is 0 Å². The molecule has 1 unspecified atom stereocenters. The normalized spacial score (nSPS) is 14.0. The second kappa shape index (κ2) is 7.20. The summed E-state index contributed by atoms with van der Waals surface area (Å²) in [6.45, 7) is 4.24. The molecule has 0 aromatic heterocycles. The molecule has 2 N–H and O–H groups in total. The molecule has 1 heterocycles. The van der Waals surface area contributed by atoms with Gasteiger partial charge < -0.3 is 19.9 Å². The molecule has 0 saturated heterocycles. The largest absolute Gasteiger partial charge is 0.459 e. The molecule has 5 nitrogen and oxygen atoms in total. The fourth-order valence-electron chi connectivity index (χ4n) is 2.30. The highest BCUT2D eigenvalue weighted by atomic mass is 16.7. The molecular weight excluding hydrogens is 270 g/mol. The van der Waals surface area contributed by atoms with E-state index >= 15 is 0 Å². The zero-order valence-corrected chi connectivity index (χ0v) is 12.7. The summed E-state index contributed by atoms with van der Waals surface area (Å²) < 4.78 is 15.9. The maximum atomic E-state index is 12.2. The van der Waals surface area contributed by atoms with Crippen molar-refractivity contribution < 1.29 is 19.0 Å². The van der Waals surface area contributed by atoms with E-state index in [1.54, 1.807) is 12.1 Å². The second-order valence-electron chi connectivity index (χ2n) is 5.36. The molecule has 1 aromatic rings. The molecular formula is C16H23NO4. The Bertz CT molecular complexity index is 501. The number of esters is 1. The lowest BCUT2D eigenvalue weighted by molar-refractivity contribution is 0.0320. The van der Waals surface area contributed by atoms with Gasteiger partial charge in [0.05, 0.1) is 17.4 Å². The van der Waals surface area contributed by atoms with Crippen LogP contribution in [0, 0.1) is 0 Å². The van der Waals surface area contributed by atoms with Crippen molar-refractivity contribution in [2.45, 2.75) is 52.1 Å². The number of ether oxygens (including phenoxy) is 3. The molecule has 0 fully saturated rings. The van der Waals surface area contributed by atoms with Gasteiger partial charge in [0.25, 0.3) is 0 Å². The number of carbonyl (C=O) groups excluding carboxylic acids is 1. The van der Waals surface area contributed by atoms with E-state index in [0.29, 0.717) is 22.7 Å². The lowest BCUT2D eigenvalue weighted by atomic mass is 10.1. The zero-order valence-electron chi connectivity index (χ0n) is 12.7. The summed E-state index contributed by atoms with van der Waals surface area (Å²) >= 11 is 0. The van der Waals surface area contributed by atoms with Crippen molar-refractivity contribution >= 4 is 11.7 Å². The van der Waals surface area contributed by atoms with Gasteiger partial charge in [-0.25, -0.2) is 4.79 Å². The van der Waals surface area contributed by atoms with Crippen molar-refractivity contribution in [1.82, 2.24) is 0 Å². The number of unbranched alkanes of at least 4 members (excludes halogenated alkanes) is 3. The fraction of sp³-hybridized carbons (Fsp3) is 0.562. The summed E-state index contributed by atoms with van der Waals surface area (Å²) in [6, 6.07) is 3.19. The zero-order chi connectivity index (χ0) is 15.2. The third-order valence-corrected chi connectivity index (χ3v) is 3.54. The lowest BCUT2D eigenvalue weighted by Crippen LogP contribution is -2.16. The van der Waals surface area contributed by atoms with Crippen molar-refractivity contribution in [2.75, 3.05) is 12.5 Å². The average Bonchev–Trinajstić information content (AvgIpc) is 2.89. The minimum Gasteiger partial charge on any atom is -0.459 e. The SMILES string of the molecule is CCCCCCC(C)OC(=O)c1cc2c(cc1N)OCO2. The Morgan fingerprint density at radius 1 is 1.29 bits per heavy atom. The van der Waals surface area contributed by atoms with E-state index in [4.69, 9.17) is 19.9 Å². The summed E-state index contributed by atoms with van der Waals surface area (Å²) in [5, 5.41) is 0. The van der Waals surface area contributed by atoms with Crippen LogP contribution in [0.3, 0.4) is 0 Å². The standard InChI is InChI=1S/C16H23NO4/c1-3-4-5-6-7-11(2)21-16(18)12-8-14-15(9-13(12)17)20-10-19-14/h8-9,11H,3-7,10,17H2,1-2H3. The van der Waals surface area contributed by atoms with Crippen molar-refractivity contribution in [3.63, 3.8) is 0 Å². The summed E-state index contributed by atoms with van der Waals surface area (Å²) in [7, 11) is 0. The predicted octanol–water partition coefficient (Wildman–Crippen LogP) is 3.51. The third kappa shape index (κ3) is 4.03. The number of nitrogen functional groups attached to an aromatic ring is 1. The molecule has 0 aliphatic carbocycles. The molecule has 5 heteroatoms. The van der Waals surface area contributed by atoms with Crippen LogP contribution in [0.15, 0.2) is 12.1 Å². The maximum Gasteiger partial charge on any atom is 0.340 e. The smallest absolute Gasteiger partial charge is 0.340 e. The quantitative estimate of drug-likeness (QED) is 0.473. The first kappa shape index (κ1) is 15.5. The molecule has 21 heavy (non-hydrogen) atoms. The molecule has 0 bridgehead atoms. The third-order valence-electron chi connectivity index (χ3n) is 3.54. The van der Waals surface area contributed by atoms with Gasteiger partial charge in [-0.05, 0) is 19.8 Å². The van der Waals surface area contributed by atoms with Gasteiger partial charge >= 0.3 is 5.97 Å². The Kier molecular flexibility index (Phi) is 5.31. The second-order valence-corrected chi connectivity index (χ2v) is 5.36. The summed E-state index contributed by atoms with van der Waals surface area (Å²) in [4.78, 5) is 12.2. The van der Waals surface area contributed by atoms with Gasteiger partial charge in [0.15, 0.2) is 11.5 Å². The van der Waals surface area contributed by atoms with Gasteiger partial charge in [-0.2, -0.15) is 0 Å². The molecule has 1 aromatic carbocycles. The fourth-order valence-corrected chi connectivity index (χ4v) is 2.30. The number of benzene rings is 1. The summed E-state index contributed by atoms with van der Waals surface area (Å²) in [6.07, 6.45) is 5.41. The van der Waals surface area contributed by atoms with E-state index in [-0.39, 0.29) is 12.9 Å². The van der Waals surface area contributed by atoms with Crippen molar-refractivity contribution in [2.24, 2.45) is 0 Å². The minimum atomic E-state index is -0.409. The van der Waals surface area contributed by atoms with Crippen LogP contribution in [-0.2, 0) is 4.74 Å². The van der Waals surface area contributed by atoms with E-state index in [9.17, 15) is 4.79 Å². The molecule has 2 rings (SSSR count). The first-order valence-corrected chi connectivity index (χ1v) is 7.52. The van der Waals surface area contributed by atoms with Crippen LogP contribution < -0.4 is 15.2 Å². The van der Waals surface area contributed by atoms with Gasteiger partial charge in [-0.1, -0.05) is 26.2 Å². The molecule has 116 valence electrons. The van der Waals surface area contributed by atoms with Crippen LogP contribution in [0.5, 0.6) is 11.5 Å².